The molecule has 0 heterocycles. The lowest BCUT2D eigenvalue weighted by molar-refractivity contribution is 0.548. The van der Waals surface area contributed by atoms with E-state index >= 15 is 0 Å². The third-order valence-electron chi connectivity index (χ3n) is 3.20. The molecule has 2 N–H and O–H groups in total. The molecular formula is C12H13ClN2O2S. The van der Waals surface area contributed by atoms with Crippen LogP contribution in [0.15, 0.2) is 23.1 Å². The van der Waals surface area contributed by atoms with Gasteiger partial charge in [-0.05, 0) is 36.5 Å². The number of nitrogen functional groups attached to an aromatic ring is 1. The number of benzene rings is 1. The molecule has 0 bridgehead atoms. The number of nitrogens with two attached hydrogens (primary N) is 1. The van der Waals surface area contributed by atoms with Crippen LogP contribution in [-0.2, 0) is 9.84 Å². The molecule has 0 amide bonds. The zero-order valence-corrected chi connectivity index (χ0v) is 11.3. The van der Waals surface area contributed by atoms with Gasteiger partial charge in [0.15, 0.2) is 9.84 Å². The Morgan fingerprint density at radius 2 is 2.11 bits per heavy atom. The van der Waals surface area contributed by atoms with E-state index in [-0.39, 0.29) is 27.5 Å². The van der Waals surface area contributed by atoms with Crippen molar-refractivity contribution in [1.29, 1.82) is 5.26 Å². The number of hydrogen-bond donors (Lipinski definition) is 1. The second-order valence-corrected chi connectivity index (χ2v) is 7.15. The van der Waals surface area contributed by atoms with E-state index in [1.54, 1.807) is 6.07 Å². The second-order valence-electron chi connectivity index (χ2n) is 4.78. The van der Waals surface area contributed by atoms with Gasteiger partial charge in [-0.2, -0.15) is 5.26 Å². The first-order valence-electron chi connectivity index (χ1n) is 5.53. The first kappa shape index (κ1) is 13.2. The Labute approximate surface area is 111 Å². The zero-order valence-electron chi connectivity index (χ0n) is 9.69. The van der Waals surface area contributed by atoms with Crippen LogP contribution in [0.4, 0.5) is 5.69 Å². The molecule has 0 aromatic heterocycles. The molecule has 2 rings (SSSR count). The van der Waals surface area contributed by atoms with Crippen molar-refractivity contribution in [2.75, 3.05) is 11.5 Å². The maximum atomic E-state index is 12.3. The van der Waals surface area contributed by atoms with E-state index in [9.17, 15) is 8.42 Å². The first-order chi connectivity index (χ1) is 8.38. The van der Waals surface area contributed by atoms with E-state index in [0.717, 1.165) is 12.8 Å². The molecule has 6 heteroatoms. The lowest BCUT2D eigenvalue weighted by atomic mass is 10.1. The molecule has 1 aromatic rings. The molecule has 1 saturated carbocycles. The second kappa shape index (κ2) is 4.45. The van der Waals surface area contributed by atoms with Gasteiger partial charge >= 0.3 is 0 Å². The third kappa shape index (κ3) is 2.60. The topological polar surface area (TPSA) is 84.0 Å². The summed E-state index contributed by atoms with van der Waals surface area (Å²) in [5, 5.41) is 8.89. The summed E-state index contributed by atoms with van der Waals surface area (Å²) in [6.07, 6.45) is 1.83. The van der Waals surface area contributed by atoms with Gasteiger partial charge in [-0.1, -0.05) is 11.6 Å². The smallest absolute Gasteiger partial charge is 0.180 e. The van der Waals surface area contributed by atoms with Gasteiger partial charge in [0, 0.05) is 12.1 Å². The van der Waals surface area contributed by atoms with Crippen molar-refractivity contribution in [2.24, 2.45) is 5.41 Å². The largest absolute Gasteiger partial charge is 0.399 e. The number of halogens is 1. The minimum atomic E-state index is -3.49. The number of nitriles is 1. The fourth-order valence-electron chi connectivity index (χ4n) is 1.96. The van der Waals surface area contributed by atoms with Gasteiger partial charge in [0.25, 0.3) is 0 Å². The molecule has 1 aromatic carbocycles. The highest BCUT2D eigenvalue weighted by Gasteiger charge is 2.46. The van der Waals surface area contributed by atoms with E-state index in [0.29, 0.717) is 5.69 Å². The Morgan fingerprint density at radius 3 is 2.67 bits per heavy atom. The summed E-state index contributed by atoms with van der Waals surface area (Å²) in [5.41, 5.74) is 5.58. The monoisotopic (exact) mass is 284 g/mol. The lowest BCUT2D eigenvalue weighted by Gasteiger charge is -2.13. The fraction of sp³-hybridized carbons (Fsp3) is 0.417. The van der Waals surface area contributed by atoms with Gasteiger partial charge in [-0.25, -0.2) is 8.42 Å². The van der Waals surface area contributed by atoms with Crippen molar-refractivity contribution in [3.8, 4) is 6.07 Å². The lowest BCUT2D eigenvalue weighted by Crippen LogP contribution is -2.17. The van der Waals surface area contributed by atoms with Gasteiger partial charge in [0.05, 0.1) is 21.7 Å². The fourth-order valence-corrected chi connectivity index (χ4v) is 4.46. The van der Waals surface area contributed by atoms with Crippen LogP contribution < -0.4 is 5.73 Å². The Hall–Kier alpha value is -1.25. The number of sulfone groups is 1. The predicted molar refractivity (Wildman–Crippen MR) is 69.8 cm³/mol. The standard InChI is InChI=1S/C12H13ClN2O2S/c13-10-2-1-9(15)7-11(10)18(16,17)8-12(3-4-12)5-6-14/h1-2,7H,3-5,8,15H2. The Morgan fingerprint density at radius 1 is 1.44 bits per heavy atom. The average molecular weight is 285 g/mol. The van der Waals surface area contributed by atoms with Crippen LogP contribution in [0, 0.1) is 16.7 Å². The minimum Gasteiger partial charge on any atom is -0.399 e. The molecule has 1 aliphatic rings. The van der Waals surface area contributed by atoms with E-state index < -0.39 is 9.84 Å². The summed E-state index contributed by atoms with van der Waals surface area (Å²) in [5.74, 6) is -0.0310. The molecule has 0 atom stereocenters. The Balaban J connectivity index is 2.32. The third-order valence-corrected chi connectivity index (χ3v) is 5.64. The molecule has 0 spiro atoms. The maximum absolute atomic E-state index is 12.3. The maximum Gasteiger partial charge on any atom is 0.180 e. The van der Waals surface area contributed by atoms with Crippen LogP contribution in [0.5, 0.6) is 0 Å². The molecule has 0 unspecified atom stereocenters. The van der Waals surface area contributed by atoms with Gasteiger partial charge < -0.3 is 5.73 Å². The number of hydrogen-bond acceptors (Lipinski definition) is 4. The van der Waals surface area contributed by atoms with Crippen LogP contribution in [0.3, 0.4) is 0 Å². The van der Waals surface area contributed by atoms with Gasteiger partial charge in [-0.3, -0.25) is 0 Å². The summed E-state index contributed by atoms with van der Waals surface area (Å²) in [7, 11) is -3.49. The molecule has 4 nitrogen and oxygen atoms in total. The van der Waals surface area contributed by atoms with Crippen LogP contribution in [0.1, 0.15) is 19.3 Å². The summed E-state index contributed by atoms with van der Waals surface area (Å²) in [6.45, 7) is 0. The minimum absolute atomic E-state index is 0.0310. The van der Waals surface area contributed by atoms with Crippen LogP contribution in [-0.4, -0.2) is 14.2 Å². The molecule has 0 saturated heterocycles. The van der Waals surface area contributed by atoms with E-state index in [1.165, 1.54) is 12.1 Å². The van der Waals surface area contributed by atoms with E-state index in [4.69, 9.17) is 22.6 Å². The molecule has 18 heavy (non-hydrogen) atoms. The number of anilines is 1. The highest BCUT2D eigenvalue weighted by Crippen LogP contribution is 2.50. The number of rotatable bonds is 4. The van der Waals surface area contributed by atoms with Crippen molar-refractivity contribution in [3.63, 3.8) is 0 Å². The van der Waals surface area contributed by atoms with Crippen LogP contribution in [0.2, 0.25) is 5.02 Å². The summed E-state index contributed by atoms with van der Waals surface area (Å²) >= 11 is 5.91. The van der Waals surface area contributed by atoms with E-state index in [1.807, 2.05) is 6.07 Å². The van der Waals surface area contributed by atoms with Crippen LogP contribution in [0.25, 0.3) is 0 Å². The average Bonchev–Trinajstić information content (AvgIpc) is 3.01. The molecule has 0 radical (unpaired) electrons. The molecular weight excluding hydrogens is 272 g/mol. The Kier molecular flexibility index (Phi) is 3.26. The SMILES string of the molecule is N#CCC1(CS(=O)(=O)c2cc(N)ccc2Cl)CC1. The molecule has 1 aliphatic carbocycles. The van der Waals surface area contributed by atoms with Crippen molar-refractivity contribution < 1.29 is 8.42 Å². The summed E-state index contributed by atoms with van der Waals surface area (Å²) in [6, 6.07) is 6.46. The quantitative estimate of drug-likeness (QED) is 0.861. The predicted octanol–water partition coefficient (Wildman–Crippen LogP) is 2.39. The van der Waals surface area contributed by atoms with Crippen molar-refractivity contribution in [1.82, 2.24) is 0 Å². The van der Waals surface area contributed by atoms with Gasteiger partial charge in [-0.15, -0.1) is 0 Å². The van der Waals surface area contributed by atoms with Crippen molar-refractivity contribution >= 4 is 27.1 Å². The summed E-state index contributed by atoms with van der Waals surface area (Å²) < 4.78 is 24.6. The van der Waals surface area contributed by atoms with Gasteiger partial charge in [0.2, 0.25) is 0 Å². The van der Waals surface area contributed by atoms with Crippen molar-refractivity contribution in [2.45, 2.75) is 24.2 Å². The van der Waals surface area contributed by atoms with Crippen LogP contribution >= 0.6 is 11.6 Å². The van der Waals surface area contributed by atoms with Crippen molar-refractivity contribution in [3.05, 3.63) is 23.2 Å². The van der Waals surface area contributed by atoms with E-state index in [2.05, 4.69) is 0 Å². The normalized spacial score (nSPS) is 17.1. The molecule has 0 aliphatic heterocycles. The Bertz CT molecular complexity index is 615. The first-order valence-corrected chi connectivity index (χ1v) is 7.56. The molecule has 1 fully saturated rings. The van der Waals surface area contributed by atoms with Gasteiger partial charge in [0.1, 0.15) is 0 Å². The zero-order chi connectivity index (χ0) is 13.4. The molecule has 96 valence electrons. The highest BCUT2D eigenvalue weighted by atomic mass is 35.5. The number of nitrogens with zero attached hydrogens (tertiary/aromatic N) is 1. The summed E-state index contributed by atoms with van der Waals surface area (Å²) in [4.78, 5) is 0.0633. The highest BCUT2D eigenvalue weighted by molar-refractivity contribution is 7.91.